The number of hydrogen-bond acceptors (Lipinski definition) is 3. The Morgan fingerprint density at radius 3 is 2.89 bits per heavy atom. The summed E-state index contributed by atoms with van der Waals surface area (Å²) in [7, 11) is 0. The van der Waals surface area contributed by atoms with Gasteiger partial charge in [-0.05, 0) is 30.9 Å². The van der Waals surface area contributed by atoms with E-state index < -0.39 is 5.60 Å². The van der Waals surface area contributed by atoms with Gasteiger partial charge in [-0.1, -0.05) is 18.9 Å². The maximum absolute atomic E-state index is 11.7. The fourth-order valence-corrected chi connectivity index (χ4v) is 2.46. The molecule has 0 radical (unpaired) electrons. The topological polar surface area (TPSA) is 62.2 Å². The Balaban J connectivity index is 1.69. The summed E-state index contributed by atoms with van der Waals surface area (Å²) in [5, 5.41) is 13.0. The fourth-order valence-electron chi connectivity index (χ4n) is 2.46. The quantitative estimate of drug-likeness (QED) is 0.828. The molecule has 98 valence electrons. The van der Waals surface area contributed by atoms with Crippen LogP contribution in [0.4, 0.5) is 0 Å². The number of nitrogens with one attached hydrogen (secondary N) is 1. The largest absolute Gasteiger partial charge is 0.389 e. The third-order valence-corrected chi connectivity index (χ3v) is 3.48. The standard InChI is InChI=1S/C14H20N2O2/c17-13(10-14(18)6-1-2-7-14)16-9-5-12-4-3-8-15-11-12/h3-4,8,11,18H,1-2,5-7,9-10H2,(H,16,17). The molecule has 0 unspecified atom stereocenters. The maximum atomic E-state index is 11.7. The third kappa shape index (κ3) is 3.81. The minimum atomic E-state index is -0.752. The number of rotatable bonds is 5. The average molecular weight is 248 g/mol. The van der Waals surface area contributed by atoms with Crippen molar-refractivity contribution in [2.24, 2.45) is 0 Å². The van der Waals surface area contributed by atoms with Crippen LogP contribution in [0.25, 0.3) is 0 Å². The number of carbonyl (C=O) groups excluding carboxylic acids is 1. The molecule has 0 atom stereocenters. The molecule has 0 aromatic carbocycles. The highest BCUT2D eigenvalue weighted by molar-refractivity contribution is 5.77. The Kier molecular flexibility index (Phi) is 4.31. The van der Waals surface area contributed by atoms with E-state index in [9.17, 15) is 9.90 Å². The molecule has 1 fully saturated rings. The van der Waals surface area contributed by atoms with Gasteiger partial charge in [-0.25, -0.2) is 0 Å². The zero-order valence-electron chi connectivity index (χ0n) is 10.6. The van der Waals surface area contributed by atoms with E-state index in [2.05, 4.69) is 10.3 Å². The van der Waals surface area contributed by atoms with Gasteiger partial charge in [0.05, 0.1) is 12.0 Å². The van der Waals surface area contributed by atoms with E-state index in [-0.39, 0.29) is 12.3 Å². The molecule has 0 aliphatic heterocycles. The van der Waals surface area contributed by atoms with Gasteiger partial charge in [-0.15, -0.1) is 0 Å². The average Bonchev–Trinajstić information content (AvgIpc) is 2.77. The van der Waals surface area contributed by atoms with Crippen LogP contribution in [0.2, 0.25) is 0 Å². The van der Waals surface area contributed by atoms with E-state index >= 15 is 0 Å². The summed E-state index contributed by atoms with van der Waals surface area (Å²) < 4.78 is 0. The third-order valence-electron chi connectivity index (χ3n) is 3.48. The van der Waals surface area contributed by atoms with Gasteiger partial charge in [0.1, 0.15) is 0 Å². The highest BCUT2D eigenvalue weighted by Crippen LogP contribution is 2.32. The van der Waals surface area contributed by atoms with Gasteiger partial charge in [0.15, 0.2) is 0 Å². The van der Waals surface area contributed by atoms with E-state index in [1.807, 2.05) is 12.1 Å². The van der Waals surface area contributed by atoms with Crippen LogP contribution in [0, 0.1) is 0 Å². The number of carbonyl (C=O) groups is 1. The van der Waals surface area contributed by atoms with Crippen LogP contribution in [0.1, 0.15) is 37.7 Å². The zero-order valence-corrected chi connectivity index (χ0v) is 10.6. The van der Waals surface area contributed by atoms with Crippen LogP contribution in [-0.4, -0.2) is 28.1 Å². The molecular formula is C14H20N2O2. The number of aromatic nitrogens is 1. The molecule has 1 amide bonds. The van der Waals surface area contributed by atoms with Crippen LogP contribution in [0.5, 0.6) is 0 Å². The summed E-state index contributed by atoms with van der Waals surface area (Å²) in [5.41, 5.74) is 0.357. The lowest BCUT2D eigenvalue weighted by molar-refractivity contribution is -0.125. The minimum Gasteiger partial charge on any atom is -0.389 e. The fraction of sp³-hybridized carbons (Fsp3) is 0.571. The molecule has 0 saturated heterocycles. The number of aliphatic hydroxyl groups is 1. The van der Waals surface area contributed by atoms with Gasteiger partial charge in [0.25, 0.3) is 0 Å². The van der Waals surface area contributed by atoms with Crippen molar-refractivity contribution >= 4 is 5.91 Å². The molecule has 18 heavy (non-hydrogen) atoms. The summed E-state index contributed by atoms with van der Waals surface area (Å²) in [6.45, 7) is 0.598. The molecule has 1 aliphatic carbocycles. The summed E-state index contributed by atoms with van der Waals surface area (Å²) in [6, 6.07) is 3.88. The van der Waals surface area contributed by atoms with Crippen molar-refractivity contribution in [3.05, 3.63) is 30.1 Å². The van der Waals surface area contributed by atoms with Gasteiger partial charge in [-0.3, -0.25) is 9.78 Å². The van der Waals surface area contributed by atoms with Crippen molar-refractivity contribution < 1.29 is 9.90 Å². The predicted octanol–water partition coefficient (Wildman–Crippen LogP) is 1.44. The Bertz CT molecular complexity index is 386. The van der Waals surface area contributed by atoms with Crippen molar-refractivity contribution in [2.45, 2.75) is 44.1 Å². The normalized spacial score (nSPS) is 17.6. The van der Waals surface area contributed by atoms with Crippen molar-refractivity contribution in [1.29, 1.82) is 0 Å². The van der Waals surface area contributed by atoms with Gasteiger partial charge >= 0.3 is 0 Å². The lowest BCUT2D eigenvalue weighted by Crippen LogP contribution is -2.35. The molecule has 4 nitrogen and oxygen atoms in total. The lowest BCUT2D eigenvalue weighted by atomic mass is 9.98. The van der Waals surface area contributed by atoms with E-state index in [1.165, 1.54) is 0 Å². The molecule has 0 spiro atoms. The SMILES string of the molecule is O=C(CC1(O)CCCC1)NCCc1cccnc1. The van der Waals surface area contributed by atoms with E-state index in [4.69, 9.17) is 0 Å². The molecular weight excluding hydrogens is 228 g/mol. The molecule has 4 heteroatoms. The second-order valence-corrected chi connectivity index (χ2v) is 5.07. The van der Waals surface area contributed by atoms with Crippen LogP contribution in [-0.2, 0) is 11.2 Å². The van der Waals surface area contributed by atoms with Crippen molar-refractivity contribution in [3.8, 4) is 0 Å². The first-order chi connectivity index (χ1) is 8.68. The molecule has 1 aliphatic rings. The van der Waals surface area contributed by atoms with Crippen molar-refractivity contribution in [2.75, 3.05) is 6.54 Å². The molecule has 1 saturated carbocycles. The lowest BCUT2D eigenvalue weighted by Gasteiger charge is -2.21. The number of pyridine rings is 1. The molecule has 2 N–H and O–H groups in total. The zero-order chi connectivity index (χ0) is 12.8. The summed E-state index contributed by atoms with van der Waals surface area (Å²) in [6.07, 6.45) is 8.11. The van der Waals surface area contributed by atoms with E-state index in [0.29, 0.717) is 6.54 Å². The van der Waals surface area contributed by atoms with Gasteiger partial charge in [0.2, 0.25) is 5.91 Å². The monoisotopic (exact) mass is 248 g/mol. The Labute approximate surface area is 107 Å². The first kappa shape index (κ1) is 13.0. The van der Waals surface area contributed by atoms with Gasteiger partial charge in [-0.2, -0.15) is 0 Å². The van der Waals surface area contributed by atoms with E-state index in [1.54, 1.807) is 12.4 Å². The number of hydrogen-bond donors (Lipinski definition) is 2. The number of nitrogens with zero attached hydrogens (tertiary/aromatic N) is 1. The summed E-state index contributed by atoms with van der Waals surface area (Å²) in [4.78, 5) is 15.7. The first-order valence-corrected chi connectivity index (χ1v) is 6.56. The molecule has 0 bridgehead atoms. The molecule has 1 heterocycles. The molecule has 1 aromatic heterocycles. The highest BCUT2D eigenvalue weighted by atomic mass is 16.3. The van der Waals surface area contributed by atoms with Crippen LogP contribution in [0.3, 0.4) is 0 Å². The number of amides is 1. The smallest absolute Gasteiger partial charge is 0.222 e. The minimum absolute atomic E-state index is 0.0525. The van der Waals surface area contributed by atoms with Crippen LogP contribution in [0.15, 0.2) is 24.5 Å². The Morgan fingerprint density at radius 2 is 2.22 bits per heavy atom. The van der Waals surface area contributed by atoms with Gasteiger partial charge < -0.3 is 10.4 Å². The van der Waals surface area contributed by atoms with Crippen LogP contribution >= 0.6 is 0 Å². The van der Waals surface area contributed by atoms with E-state index in [0.717, 1.165) is 37.7 Å². The first-order valence-electron chi connectivity index (χ1n) is 6.56. The van der Waals surface area contributed by atoms with Gasteiger partial charge in [0, 0.05) is 18.9 Å². The summed E-state index contributed by atoms with van der Waals surface area (Å²) >= 11 is 0. The molecule has 2 rings (SSSR count). The summed E-state index contributed by atoms with van der Waals surface area (Å²) in [5.74, 6) is -0.0525. The Morgan fingerprint density at radius 1 is 1.44 bits per heavy atom. The molecule has 1 aromatic rings. The predicted molar refractivity (Wildman–Crippen MR) is 69.0 cm³/mol. The second kappa shape index (κ2) is 5.96. The van der Waals surface area contributed by atoms with Crippen molar-refractivity contribution in [3.63, 3.8) is 0 Å². The Hall–Kier alpha value is -1.42. The van der Waals surface area contributed by atoms with Crippen molar-refractivity contribution in [1.82, 2.24) is 10.3 Å². The second-order valence-electron chi connectivity index (χ2n) is 5.07. The highest BCUT2D eigenvalue weighted by Gasteiger charge is 2.33. The van der Waals surface area contributed by atoms with Crippen LogP contribution < -0.4 is 5.32 Å². The maximum Gasteiger partial charge on any atom is 0.222 e.